The summed E-state index contributed by atoms with van der Waals surface area (Å²) in [7, 11) is 1.58. The van der Waals surface area contributed by atoms with Crippen LogP contribution in [0.25, 0.3) is 0 Å². The predicted molar refractivity (Wildman–Crippen MR) is 63.3 cm³/mol. The van der Waals surface area contributed by atoms with Crippen LogP contribution in [-0.4, -0.2) is 54.9 Å². The molecule has 1 aliphatic carbocycles. The second kappa shape index (κ2) is 5.33. The molecule has 0 aromatic carbocycles. The standard InChI is InChI=1S/C12H22N2O3/c1-17-9(5-13)4-12(16)14-6-8-2-3-11(15)10(8)7-14/h8-11,15H,2-7,13H2,1H3. The number of methoxy groups -OCH3 is 1. The van der Waals surface area contributed by atoms with Gasteiger partial charge in [0.2, 0.25) is 5.91 Å². The lowest BCUT2D eigenvalue weighted by Gasteiger charge is -2.21. The van der Waals surface area contributed by atoms with Gasteiger partial charge >= 0.3 is 0 Å². The lowest BCUT2D eigenvalue weighted by Crippen LogP contribution is -2.35. The van der Waals surface area contributed by atoms with Crippen LogP contribution in [0.1, 0.15) is 19.3 Å². The van der Waals surface area contributed by atoms with Crippen molar-refractivity contribution in [2.24, 2.45) is 17.6 Å². The third-order valence-corrected chi connectivity index (χ3v) is 4.17. The minimum Gasteiger partial charge on any atom is -0.393 e. The molecule has 98 valence electrons. The molecule has 2 fully saturated rings. The molecule has 1 saturated carbocycles. The number of hydrogen-bond acceptors (Lipinski definition) is 4. The summed E-state index contributed by atoms with van der Waals surface area (Å²) in [5, 5.41) is 9.79. The van der Waals surface area contributed by atoms with Gasteiger partial charge in [-0.25, -0.2) is 0 Å². The van der Waals surface area contributed by atoms with Gasteiger partial charge in [-0.3, -0.25) is 4.79 Å². The monoisotopic (exact) mass is 242 g/mol. The van der Waals surface area contributed by atoms with E-state index < -0.39 is 0 Å². The van der Waals surface area contributed by atoms with Gasteiger partial charge in [0.1, 0.15) is 0 Å². The van der Waals surface area contributed by atoms with E-state index in [-0.39, 0.29) is 24.0 Å². The maximum Gasteiger partial charge on any atom is 0.225 e. The molecule has 0 aromatic heterocycles. The molecule has 0 radical (unpaired) electrons. The zero-order valence-corrected chi connectivity index (χ0v) is 10.3. The summed E-state index contributed by atoms with van der Waals surface area (Å²) < 4.78 is 5.12. The summed E-state index contributed by atoms with van der Waals surface area (Å²) in [6.07, 6.45) is 1.88. The van der Waals surface area contributed by atoms with E-state index in [2.05, 4.69) is 0 Å². The molecule has 1 aliphatic heterocycles. The lowest BCUT2D eigenvalue weighted by molar-refractivity contribution is -0.133. The van der Waals surface area contributed by atoms with Gasteiger partial charge in [-0.15, -0.1) is 0 Å². The van der Waals surface area contributed by atoms with Crippen LogP contribution in [0.5, 0.6) is 0 Å². The van der Waals surface area contributed by atoms with Gasteiger partial charge in [-0.05, 0) is 18.8 Å². The van der Waals surface area contributed by atoms with Crippen LogP contribution < -0.4 is 5.73 Å². The van der Waals surface area contributed by atoms with Crippen molar-refractivity contribution in [3.8, 4) is 0 Å². The highest BCUT2D eigenvalue weighted by molar-refractivity contribution is 5.77. The van der Waals surface area contributed by atoms with E-state index >= 15 is 0 Å². The van der Waals surface area contributed by atoms with Gasteiger partial charge in [0, 0.05) is 32.7 Å². The number of aliphatic hydroxyl groups is 1. The number of nitrogens with two attached hydrogens (primary N) is 1. The number of aliphatic hydroxyl groups excluding tert-OH is 1. The van der Waals surface area contributed by atoms with Crippen molar-refractivity contribution in [2.45, 2.75) is 31.5 Å². The molecular weight excluding hydrogens is 220 g/mol. The van der Waals surface area contributed by atoms with Crippen LogP contribution in [0.3, 0.4) is 0 Å². The van der Waals surface area contributed by atoms with Crippen molar-refractivity contribution in [2.75, 3.05) is 26.7 Å². The largest absolute Gasteiger partial charge is 0.393 e. The van der Waals surface area contributed by atoms with E-state index in [1.54, 1.807) is 7.11 Å². The Labute approximate surface area is 102 Å². The fourth-order valence-corrected chi connectivity index (χ4v) is 3.03. The molecule has 0 spiro atoms. The number of amides is 1. The molecule has 5 heteroatoms. The van der Waals surface area contributed by atoms with Crippen molar-refractivity contribution in [3.05, 3.63) is 0 Å². The number of carbonyl (C=O) groups excluding carboxylic acids is 1. The number of fused-ring (bicyclic) bond motifs is 1. The smallest absolute Gasteiger partial charge is 0.225 e. The number of hydrogen-bond donors (Lipinski definition) is 2. The molecule has 0 bridgehead atoms. The summed E-state index contributed by atoms with van der Waals surface area (Å²) in [5.41, 5.74) is 5.51. The average Bonchev–Trinajstić information content (AvgIpc) is 2.89. The maximum absolute atomic E-state index is 12.0. The van der Waals surface area contributed by atoms with Crippen molar-refractivity contribution in [1.82, 2.24) is 4.90 Å². The Balaban J connectivity index is 1.86. The molecule has 2 rings (SSSR count). The second-order valence-corrected chi connectivity index (χ2v) is 5.16. The normalized spacial score (nSPS) is 33.8. The Kier molecular flexibility index (Phi) is 4.01. The van der Waals surface area contributed by atoms with Crippen LogP contribution in [0.15, 0.2) is 0 Å². The van der Waals surface area contributed by atoms with Gasteiger partial charge < -0.3 is 20.5 Å². The molecule has 0 aromatic rings. The number of ether oxygens (including phenoxy) is 1. The first-order chi connectivity index (χ1) is 8.15. The van der Waals surface area contributed by atoms with E-state index in [0.29, 0.717) is 25.4 Å². The first-order valence-corrected chi connectivity index (χ1v) is 6.34. The second-order valence-electron chi connectivity index (χ2n) is 5.16. The Morgan fingerprint density at radius 2 is 2.29 bits per heavy atom. The SMILES string of the molecule is COC(CN)CC(=O)N1CC2CCC(O)C2C1. The fourth-order valence-electron chi connectivity index (χ4n) is 3.03. The molecule has 4 unspecified atom stereocenters. The van der Waals surface area contributed by atoms with Crippen LogP contribution in [0.4, 0.5) is 0 Å². The first kappa shape index (κ1) is 12.8. The Bertz CT molecular complexity index is 281. The van der Waals surface area contributed by atoms with Crippen LogP contribution in [-0.2, 0) is 9.53 Å². The highest BCUT2D eigenvalue weighted by Crippen LogP contribution is 2.38. The van der Waals surface area contributed by atoms with Gasteiger partial charge in [-0.2, -0.15) is 0 Å². The van der Waals surface area contributed by atoms with Gasteiger partial charge in [0.25, 0.3) is 0 Å². The summed E-state index contributed by atoms with van der Waals surface area (Å²) in [5.74, 6) is 0.884. The molecule has 1 saturated heterocycles. The number of nitrogens with zero attached hydrogens (tertiary/aromatic N) is 1. The highest BCUT2D eigenvalue weighted by Gasteiger charge is 2.43. The van der Waals surface area contributed by atoms with E-state index in [9.17, 15) is 9.90 Å². The topological polar surface area (TPSA) is 75.8 Å². The molecular formula is C12H22N2O3. The summed E-state index contributed by atoms with van der Waals surface area (Å²) in [6.45, 7) is 1.86. The first-order valence-electron chi connectivity index (χ1n) is 6.34. The van der Waals surface area contributed by atoms with Crippen molar-refractivity contribution < 1.29 is 14.6 Å². The van der Waals surface area contributed by atoms with E-state index in [0.717, 1.165) is 19.4 Å². The Hall–Kier alpha value is -0.650. The molecule has 5 nitrogen and oxygen atoms in total. The molecule has 1 amide bonds. The van der Waals surface area contributed by atoms with Gasteiger partial charge in [0.05, 0.1) is 18.6 Å². The zero-order chi connectivity index (χ0) is 12.4. The number of carbonyl (C=O) groups is 1. The quantitative estimate of drug-likeness (QED) is 0.702. The summed E-state index contributed by atoms with van der Waals surface area (Å²) in [6, 6.07) is 0. The fraction of sp³-hybridized carbons (Fsp3) is 0.917. The van der Waals surface area contributed by atoms with Crippen molar-refractivity contribution in [1.29, 1.82) is 0 Å². The van der Waals surface area contributed by atoms with E-state index in [4.69, 9.17) is 10.5 Å². The molecule has 4 atom stereocenters. The minimum atomic E-state index is -0.217. The van der Waals surface area contributed by atoms with Crippen LogP contribution in [0, 0.1) is 11.8 Å². The molecule has 2 aliphatic rings. The number of rotatable bonds is 4. The maximum atomic E-state index is 12.0. The minimum absolute atomic E-state index is 0.101. The van der Waals surface area contributed by atoms with Gasteiger partial charge in [-0.1, -0.05) is 0 Å². The lowest BCUT2D eigenvalue weighted by atomic mass is 10.00. The molecule has 1 heterocycles. The molecule has 3 N–H and O–H groups in total. The van der Waals surface area contributed by atoms with Crippen LogP contribution in [0.2, 0.25) is 0 Å². The van der Waals surface area contributed by atoms with E-state index in [1.807, 2.05) is 4.90 Å². The van der Waals surface area contributed by atoms with Crippen molar-refractivity contribution >= 4 is 5.91 Å². The average molecular weight is 242 g/mol. The summed E-state index contributed by atoms with van der Waals surface area (Å²) >= 11 is 0. The highest BCUT2D eigenvalue weighted by atomic mass is 16.5. The third kappa shape index (κ3) is 2.61. The molecule has 17 heavy (non-hydrogen) atoms. The predicted octanol–water partition coefficient (Wildman–Crippen LogP) is -0.420. The van der Waals surface area contributed by atoms with Gasteiger partial charge in [0.15, 0.2) is 0 Å². The van der Waals surface area contributed by atoms with Crippen molar-refractivity contribution in [3.63, 3.8) is 0 Å². The zero-order valence-electron chi connectivity index (χ0n) is 10.3. The number of likely N-dealkylation sites (tertiary alicyclic amines) is 1. The third-order valence-electron chi connectivity index (χ3n) is 4.17. The van der Waals surface area contributed by atoms with E-state index in [1.165, 1.54) is 0 Å². The Morgan fingerprint density at radius 3 is 2.88 bits per heavy atom. The Morgan fingerprint density at radius 1 is 1.53 bits per heavy atom. The summed E-state index contributed by atoms with van der Waals surface area (Å²) in [4.78, 5) is 13.9. The van der Waals surface area contributed by atoms with Crippen LogP contribution >= 0.6 is 0 Å².